The number of nitrogens with zero attached hydrogens (tertiary/aromatic N) is 10. The number of nitrogens with one attached hydrogen (secondary N) is 3. The molecule has 2 aromatic rings. The van der Waals surface area contributed by atoms with E-state index in [-0.39, 0.29) is 55.4 Å². The van der Waals surface area contributed by atoms with Crippen LogP contribution in [-0.2, 0) is 44.0 Å². The van der Waals surface area contributed by atoms with Crippen LogP contribution >= 0.6 is 0 Å². The predicted octanol–water partition coefficient (Wildman–Crippen LogP) is 0.138. The molecule has 2 fully saturated rings. The summed E-state index contributed by atoms with van der Waals surface area (Å²) in [7, 11) is 4.85. The predicted molar refractivity (Wildman–Crippen MR) is 224 cm³/mol. The summed E-state index contributed by atoms with van der Waals surface area (Å²) >= 11 is 0. The Labute approximate surface area is 355 Å². The number of carbonyl (C=O) groups excluding carboxylic acids is 4. The van der Waals surface area contributed by atoms with E-state index in [1.807, 2.05) is 42.1 Å². The van der Waals surface area contributed by atoms with Gasteiger partial charge in [0.1, 0.15) is 11.9 Å². The van der Waals surface area contributed by atoms with Gasteiger partial charge in [-0.1, -0.05) is 6.92 Å². The van der Waals surface area contributed by atoms with Gasteiger partial charge in [-0.05, 0) is 67.1 Å². The number of ether oxygens (including phenoxy) is 1. The molecule has 2 saturated heterocycles. The summed E-state index contributed by atoms with van der Waals surface area (Å²) in [6, 6.07) is 0. The second-order valence-electron chi connectivity index (χ2n) is 15.8. The van der Waals surface area contributed by atoms with Crippen LogP contribution in [0.25, 0.3) is 11.2 Å². The van der Waals surface area contributed by atoms with Crippen molar-refractivity contribution in [3.05, 3.63) is 17.9 Å². The van der Waals surface area contributed by atoms with Crippen LogP contribution in [0, 0.1) is 0 Å². The summed E-state index contributed by atoms with van der Waals surface area (Å²) in [6.45, 7) is 11.8. The summed E-state index contributed by atoms with van der Waals surface area (Å²) in [4.78, 5) is 90.0. The number of carbonyl (C=O) groups is 4. The van der Waals surface area contributed by atoms with Crippen LogP contribution in [0.5, 0.6) is 0 Å². The zero-order chi connectivity index (χ0) is 44.5. The number of rotatable bonds is 20. The molecule has 2 aliphatic heterocycles. The second kappa shape index (κ2) is 23.7. The molecule has 1 atom stereocenters. The van der Waals surface area contributed by atoms with E-state index in [1.165, 1.54) is 7.11 Å². The van der Waals surface area contributed by atoms with Crippen molar-refractivity contribution >= 4 is 53.0 Å². The number of alkyl halides is 1. The number of unbranched alkanes of at least 4 members (excludes halogenated alkanes) is 2. The first-order chi connectivity index (χ1) is 29.1. The Morgan fingerprint density at radius 2 is 1.85 bits per heavy atom. The molecule has 0 unspecified atom stereocenters. The van der Waals surface area contributed by atoms with Gasteiger partial charge in [-0.25, -0.2) is 23.8 Å². The number of aromatic nitrogens is 4. The molecule has 0 aromatic carbocycles. The topological polar surface area (TPSA) is 239 Å². The lowest BCUT2D eigenvalue weighted by molar-refractivity contribution is -0.464. The first-order valence-corrected chi connectivity index (χ1v) is 20.5. The van der Waals surface area contributed by atoms with E-state index in [1.54, 1.807) is 36.4 Å². The number of amides is 1. The normalized spacial score (nSPS) is 18.2. The molecule has 0 spiro atoms. The van der Waals surface area contributed by atoms with Crippen LogP contribution in [0.2, 0.25) is 0 Å². The summed E-state index contributed by atoms with van der Waals surface area (Å²) in [5.74, 6) is -1.63. The number of methoxy groups -OCH3 is 1. The average molecular weight is 863 g/mol. The van der Waals surface area contributed by atoms with E-state index in [9.17, 15) is 23.6 Å². The highest BCUT2D eigenvalue weighted by Gasteiger charge is 2.29. The number of fused-ring (bicyclic) bond motifs is 1. The number of aliphatic imine (C=N–C) groups is 1. The van der Waals surface area contributed by atoms with Crippen molar-refractivity contribution in [1.29, 1.82) is 0 Å². The zero-order valence-electron chi connectivity index (χ0n) is 36.4. The van der Waals surface area contributed by atoms with Crippen LogP contribution in [0.1, 0.15) is 53.4 Å². The Bertz CT molecular complexity index is 1840. The maximum absolute atomic E-state index is 14.1. The first-order valence-electron chi connectivity index (χ1n) is 20.5. The van der Waals surface area contributed by atoms with Gasteiger partial charge in [0.15, 0.2) is 17.0 Å². The molecule has 4 heterocycles. The minimum Gasteiger partial charge on any atom is -0.481 e. The molecular formula is C38H63FN14O8. The van der Waals surface area contributed by atoms with E-state index in [4.69, 9.17) is 35.0 Å². The highest BCUT2D eigenvalue weighted by Crippen LogP contribution is 2.29. The fraction of sp³-hybridized carbons (Fsp3) is 0.684. The number of anilines is 2. The van der Waals surface area contributed by atoms with Crippen molar-refractivity contribution in [2.75, 3.05) is 117 Å². The molecular weight excluding hydrogens is 800 g/mol. The fourth-order valence-electron chi connectivity index (χ4n) is 6.16. The average Bonchev–Trinajstić information content (AvgIpc) is 3.84. The minimum atomic E-state index is -0.948. The third kappa shape index (κ3) is 16.0. The first kappa shape index (κ1) is 48.4. The van der Waals surface area contributed by atoms with E-state index >= 15 is 0 Å². The van der Waals surface area contributed by atoms with E-state index < -0.39 is 24.1 Å². The van der Waals surface area contributed by atoms with E-state index in [0.29, 0.717) is 87.4 Å². The molecule has 22 nitrogen and oxygen atoms in total. The van der Waals surface area contributed by atoms with Gasteiger partial charge in [0.2, 0.25) is 23.1 Å². The van der Waals surface area contributed by atoms with Crippen molar-refractivity contribution in [2.45, 2.75) is 65.1 Å². The van der Waals surface area contributed by atoms with Crippen molar-refractivity contribution in [3.8, 4) is 0 Å². The Balaban J connectivity index is 1.14. The maximum atomic E-state index is 14.1. The summed E-state index contributed by atoms with van der Waals surface area (Å²) in [5, 5.41) is 9.30. The van der Waals surface area contributed by atoms with Crippen LogP contribution in [0.15, 0.2) is 22.9 Å². The van der Waals surface area contributed by atoms with Gasteiger partial charge in [0, 0.05) is 51.4 Å². The molecule has 1 amide bonds. The number of hydrogen-bond donors (Lipinski definition) is 4. The van der Waals surface area contributed by atoms with E-state index in [0.717, 1.165) is 19.3 Å². The lowest BCUT2D eigenvalue weighted by atomic mass is 10.1. The Kier molecular flexibility index (Phi) is 18.8. The number of imidazole rings is 1. The summed E-state index contributed by atoms with van der Waals surface area (Å²) < 4.78 is 21.4. The summed E-state index contributed by atoms with van der Waals surface area (Å²) in [6.07, 6.45) is 5.07. The molecule has 5 N–H and O–H groups in total. The molecule has 61 heavy (non-hydrogen) atoms. The van der Waals surface area contributed by atoms with Gasteiger partial charge >= 0.3 is 17.9 Å². The Morgan fingerprint density at radius 1 is 1.10 bits per heavy atom. The molecule has 0 bridgehead atoms. The largest absolute Gasteiger partial charge is 0.481 e. The number of halogens is 1. The van der Waals surface area contributed by atoms with Gasteiger partial charge in [0.25, 0.3) is 0 Å². The molecule has 2 aromatic heterocycles. The van der Waals surface area contributed by atoms with Crippen LogP contribution in [0.3, 0.4) is 0 Å². The lowest BCUT2D eigenvalue weighted by Gasteiger charge is -2.22. The number of nitrogens with two attached hydrogens (primary N) is 1. The highest BCUT2D eigenvalue weighted by atomic mass is 19.1. The monoisotopic (exact) mass is 862 g/mol. The summed E-state index contributed by atoms with van der Waals surface area (Å²) in [5.41, 5.74) is 7.39. The van der Waals surface area contributed by atoms with Crippen molar-refractivity contribution in [3.63, 3.8) is 0 Å². The second-order valence-corrected chi connectivity index (χ2v) is 15.8. The SMILES string of the molecule is CCN1CCN(C)CC(=O)ON(OC(=O)CN(C)CCNCC(=O)NCCCCCN=C/C(Nc2nc(N3CC[C@H](F)C3)nc3c2ncn3C(C)(C)C)=C(\N)OC)OC(=O)C1. The van der Waals surface area contributed by atoms with Crippen LogP contribution in [0.4, 0.5) is 16.2 Å². The van der Waals surface area contributed by atoms with Crippen molar-refractivity contribution < 1.29 is 42.8 Å². The molecule has 23 heteroatoms. The minimum absolute atomic E-state index is 0.0809. The maximum Gasteiger partial charge on any atom is 0.346 e. The van der Waals surface area contributed by atoms with Crippen molar-refractivity contribution in [2.24, 2.45) is 10.7 Å². The van der Waals surface area contributed by atoms with Crippen molar-refractivity contribution in [1.82, 2.24) is 50.2 Å². The molecule has 0 radical (unpaired) electrons. The quantitative estimate of drug-likeness (QED) is 0.0787. The number of allylic oxidation sites excluding steroid dienone is 1. The molecule has 0 saturated carbocycles. The van der Waals surface area contributed by atoms with Crippen LogP contribution in [-0.4, -0.2) is 182 Å². The highest BCUT2D eigenvalue weighted by molar-refractivity contribution is 5.91. The Hall–Kier alpha value is -5.23. The molecule has 4 rings (SSSR count). The van der Waals surface area contributed by atoms with Gasteiger partial charge < -0.3 is 35.9 Å². The van der Waals surface area contributed by atoms with Gasteiger partial charge in [-0.15, -0.1) is 0 Å². The Morgan fingerprint density at radius 3 is 2.54 bits per heavy atom. The third-order valence-corrected chi connectivity index (χ3v) is 9.65. The van der Waals surface area contributed by atoms with Gasteiger partial charge in [-0.2, -0.15) is 9.97 Å². The molecule has 0 aliphatic carbocycles. The standard InChI is InChI=1S/C38H63FN14O8/c1-8-50-19-18-49(6)24-31(56)60-53(61-32(57)25-50)59-30(55)23-48(5)17-15-42-21-29(54)43-14-11-9-10-13-41-20-28(34(40)58-7)45-35-33-36(52(26-44-33)38(2,3)4)47-37(46-35)51-16-12-27(39)22-51/h20,26-27,42H,8-19,21-25,40H2,1-7H3,(H,43,54)(H,45,46,47)/b34-28-,41-20?/t27-/m0/s1. The molecule has 340 valence electrons. The third-order valence-electron chi connectivity index (χ3n) is 9.65. The van der Waals surface area contributed by atoms with Gasteiger partial charge in [-0.3, -0.25) is 39.0 Å². The number of likely N-dealkylation sites (N-methyl/N-ethyl adjacent to an activating group) is 3. The zero-order valence-corrected chi connectivity index (χ0v) is 36.4. The number of hydrogen-bond acceptors (Lipinski definition) is 20. The van der Waals surface area contributed by atoms with Gasteiger partial charge in [0.05, 0.1) is 52.4 Å². The molecule has 2 aliphatic rings. The van der Waals surface area contributed by atoms with E-state index in [2.05, 4.69) is 25.9 Å². The van der Waals surface area contributed by atoms with Crippen LogP contribution < -0.4 is 26.6 Å². The smallest absolute Gasteiger partial charge is 0.346 e. The fourth-order valence-corrected chi connectivity index (χ4v) is 6.16. The lowest BCUT2D eigenvalue weighted by Crippen LogP contribution is -2.41.